The molecule has 4 nitrogen and oxygen atoms in total. The van der Waals surface area contributed by atoms with Crippen molar-refractivity contribution in [3.05, 3.63) is 53.1 Å². The number of phenols is 3. The van der Waals surface area contributed by atoms with E-state index in [2.05, 4.69) is 6.92 Å². The molecular weight excluding hydrogens is 304 g/mol. The molecule has 0 fully saturated rings. The van der Waals surface area contributed by atoms with E-state index in [-0.39, 0.29) is 28.4 Å². The van der Waals surface area contributed by atoms with Gasteiger partial charge in [-0.3, -0.25) is 4.79 Å². The summed E-state index contributed by atoms with van der Waals surface area (Å²) >= 11 is 0. The number of carbonyl (C=O) groups is 1. The monoisotopic (exact) mass is 328 g/mol. The average Bonchev–Trinajstić information content (AvgIpc) is 2.54. The van der Waals surface area contributed by atoms with Crippen molar-refractivity contribution in [3.63, 3.8) is 0 Å². The highest BCUT2D eigenvalue weighted by molar-refractivity contribution is 6.12. The van der Waals surface area contributed by atoms with Gasteiger partial charge in [0.15, 0.2) is 5.78 Å². The third-order valence-corrected chi connectivity index (χ3v) is 4.10. The first-order chi connectivity index (χ1) is 11.5. The minimum atomic E-state index is -0.473. The third-order valence-electron chi connectivity index (χ3n) is 4.10. The molecular formula is C20H24O4. The Bertz CT molecular complexity index is 707. The van der Waals surface area contributed by atoms with E-state index in [0.717, 1.165) is 30.9 Å². The van der Waals surface area contributed by atoms with Gasteiger partial charge in [-0.15, -0.1) is 0 Å². The Morgan fingerprint density at radius 3 is 2.08 bits per heavy atom. The zero-order chi connectivity index (χ0) is 17.5. The summed E-state index contributed by atoms with van der Waals surface area (Å²) in [5, 5.41) is 29.2. The van der Waals surface area contributed by atoms with Gasteiger partial charge >= 0.3 is 0 Å². The molecule has 0 aliphatic heterocycles. The van der Waals surface area contributed by atoms with Crippen molar-refractivity contribution >= 4 is 5.78 Å². The predicted octanol–water partition coefficient (Wildman–Crippen LogP) is 4.55. The van der Waals surface area contributed by atoms with Crippen molar-refractivity contribution in [2.24, 2.45) is 0 Å². The Morgan fingerprint density at radius 2 is 1.46 bits per heavy atom. The Balaban J connectivity index is 2.07. The van der Waals surface area contributed by atoms with Crippen LogP contribution in [-0.2, 0) is 6.42 Å². The maximum atomic E-state index is 12.4. The van der Waals surface area contributed by atoms with Crippen molar-refractivity contribution in [3.8, 4) is 17.2 Å². The van der Waals surface area contributed by atoms with Gasteiger partial charge in [-0.05, 0) is 42.7 Å². The number of aromatic hydroxyl groups is 3. The predicted molar refractivity (Wildman–Crippen MR) is 93.8 cm³/mol. The highest BCUT2D eigenvalue weighted by atomic mass is 16.3. The lowest BCUT2D eigenvalue weighted by atomic mass is 9.98. The van der Waals surface area contributed by atoms with E-state index in [1.165, 1.54) is 31.4 Å². The maximum Gasteiger partial charge on any atom is 0.200 e. The molecule has 4 heteroatoms. The van der Waals surface area contributed by atoms with Crippen molar-refractivity contribution in [1.82, 2.24) is 0 Å². The van der Waals surface area contributed by atoms with Gasteiger partial charge in [0.05, 0.1) is 11.1 Å². The largest absolute Gasteiger partial charge is 0.508 e. The lowest BCUT2D eigenvalue weighted by molar-refractivity contribution is 0.103. The molecule has 0 spiro atoms. The van der Waals surface area contributed by atoms with Gasteiger partial charge < -0.3 is 15.3 Å². The minimum Gasteiger partial charge on any atom is -0.508 e. The molecule has 2 rings (SSSR count). The SMILES string of the molecule is CCCCCCCc1ccc(C(=O)c2ccc(O)cc2O)c(O)c1. The van der Waals surface area contributed by atoms with Crippen LogP contribution in [0.1, 0.15) is 60.5 Å². The second-order valence-corrected chi connectivity index (χ2v) is 6.05. The number of unbranched alkanes of at least 4 members (excludes halogenated alkanes) is 4. The Labute approximate surface area is 142 Å². The van der Waals surface area contributed by atoms with Crippen LogP contribution in [0.5, 0.6) is 17.2 Å². The van der Waals surface area contributed by atoms with Crippen LogP contribution in [0.3, 0.4) is 0 Å². The molecule has 0 bridgehead atoms. The van der Waals surface area contributed by atoms with Crippen LogP contribution >= 0.6 is 0 Å². The van der Waals surface area contributed by atoms with Gasteiger partial charge in [0.1, 0.15) is 17.2 Å². The van der Waals surface area contributed by atoms with Crippen molar-refractivity contribution in [2.45, 2.75) is 45.4 Å². The second-order valence-electron chi connectivity index (χ2n) is 6.05. The minimum absolute atomic E-state index is 0.0513. The van der Waals surface area contributed by atoms with Crippen LogP contribution in [0, 0.1) is 0 Å². The summed E-state index contributed by atoms with van der Waals surface area (Å²) in [6, 6.07) is 8.82. The highest BCUT2D eigenvalue weighted by Crippen LogP contribution is 2.29. The molecule has 0 radical (unpaired) electrons. The number of rotatable bonds is 8. The van der Waals surface area contributed by atoms with E-state index < -0.39 is 5.78 Å². The zero-order valence-corrected chi connectivity index (χ0v) is 14.0. The molecule has 128 valence electrons. The number of carbonyl (C=O) groups excluding carboxylic acids is 1. The molecule has 2 aromatic carbocycles. The van der Waals surface area contributed by atoms with Crippen LogP contribution in [-0.4, -0.2) is 21.1 Å². The van der Waals surface area contributed by atoms with E-state index in [0.29, 0.717) is 0 Å². The number of ketones is 1. The van der Waals surface area contributed by atoms with E-state index in [4.69, 9.17) is 0 Å². The first kappa shape index (κ1) is 17.9. The molecule has 0 aliphatic rings. The summed E-state index contributed by atoms with van der Waals surface area (Å²) in [5.74, 6) is -0.982. The fourth-order valence-electron chi connectivity index (χ4n) is 2.71. The molecule has 0 amide bonds. The first-order valence-electron chi connectivity index (χ1n) is 8.41. The standard InChI is InChI=1S/C20H24O4/c1-2-3-4-5-6-7-14-8-10-16(18(22)12-14)20(24)17-11-9-15(21)13-19(17)23/h8-13,21-23H,2-7H2,1H3. The van der Waals surface area contributed by atoms with Crippen LogP contribution in [0.4, 0.5) is 0 Å². The van der Waals surface area contributed by atoms with Crippen LogP contribution in [0.25, 0.3) is 0 Å². The Kier molecular flexibility index (Phi) is 6.24. The highest BCUT2D eigenvalue weighted by Gasteiger charge is 2.17. The summed E-state index contributed by atoms with van der Waals surface area (Å²) < 4.78 is 0. The van der Waals surface area contributed by atoms with Crippen molar-refractivity contribution in [2.75, 3.05) is 0 Å². The molecule has 0 aromatic heterocycles. The number of hydrogen-bond acceptors (Lipinski definition) is 4. The number of hydrogen-bond donors (Lipinski definition) is 3. The van der Waals surface area contributed by atoms with Gasteiger partial charge in [0, 0.05) is 6.07 Å². The van der Waals surface area contributed by atoms with E-state index >= 15 is 0 Å². The Hall–Kier alpha value is -2.49. The molecule has 0 aliphatic carbocycles. The van der Waals surface area contributed by atoms with Crippen LogP contribution in [0.2, 0.25) is 0 Å². The quantitative estimate of drug-likeness (QED) is 0.491. The summed E-state index contributed by atoms with van der Waals surface area (Å²) in [6.45, 7) is 2.18. The lowest BCUT2D eigenvalue weighted by Crippen LogP contribution is -2.02. The van der Waals surface area contributed by atoms with Gasteiger partial charge in [0.25, 0.3) is 0 Å². The molecule has 2 aromatic rings. The van der Waals surface area contributed by atoms with Gasteiger partial charge in [0.2, 0.25) is 0 Å². The van der Waals surface area contributed by atoms with E-state index in [9.17, 15) is 20.1 Å². The molecule has 0 heterocycles. The summed E-state index contributed by atoms with van der Waals surface area (Å²) in [6.07, 6.45) is 6.77. The molecule has 3 N–H and O–H groups in total. The normalized spacial score (nSPS) is 10.7. The smallest absolute Gasteiger partial charge is 0.200 e. The summed E-state index contributed by atoms with van der Waals surface area (Å²) in [5.41, 5.74) is 1.19. The van der Waals surface area contributed by atoms with Crippen molar-refractivity contribution in [1.29, 1.82) is 0 Å². The molecule has 24 heavy (non-hydrogen) atoms. The van der Waals surface area contributed by atoms with E-state index in [1.807, 2.05) is 6.07 Å². The average molecular weight is 328 g/mol. The van der Waals surface area contributed by atoms with E-state index in [1.54, 1.807) is 12.1 Å². The topological polar surface area (TPSA) is 77.8 Å². The second kappa shape index (κ2) is 8.39. The third kappa shape index (κ3) is 4.51. The molecule has 0 atom stereocenters. The number of phenolic OH excluding ortho intramolecular Hbond substituents is 3. The maximum absolute atomic E-state index is 12.4. The molecule has 0 saturated carbocycles. The van der Waals surface area contributed by atoms with Crippen LogP contribution in [0.15, 0.2) is 36.4 Å². The summed E-state index contributed by atoms with van der Waals surface area (Å²) in [4.78, 5) is 12.4. The molecule has 0 saturated heterocycles. The number of benzene rings is 2. The fourth-order valence-corrected chi connectivity index (χ4v) is 2.71. The van der Waals surface area contributed by atoms with Crippen LogP contribution < -0.4 is 0 Å². The molecule has 0 unspecified atom stereocenters. The van der Waals surface area contributed by atoms with Gasteiger partial charge in [-0.2, -0.15) is 0 Å². The lowest BCUT2D eigenvalue weighted by Gasteiger charge is -2.08. The van der Waals surface area contributed by atoms with Gasteiger partial charge in [-0.1, -0.05) is 38.7 Å². The zero-order valence-electron chi connectivity index (χ0n) is 14.0. The first-order valence-corrected chi connectivity index (χ1v) is 8.41. The number of aryl methyl sites for hydroxylation is 1. The summed E-state index contributed by atoms with van der Waals surface area (Å²) in [7, 11) is 0. The van der Waals surface area contributed by atoms with Crippen molar-refractivity contribution < 1.29 is 20.1 Å². The van der Waals surface area contributed by atoms with Gasteiger partial charge in [-0.25, -0.2) is 0 Å². The Morgan fingerprint density at radius 1 is 0.833 bits per heavy atom. The fraction of sp³-hybridized carbons (Fsp3) is 0.350.